The Morgan fingerprint density at radius 2 is 1.96 bits per heavy atom. The molecule has 0 fully saturated rings. The standard InChI is InChI=1S/C17H18N2O4/c1-21-16-9-14(10-19-23-12-17(18)20)7-8-15(16)22-11-13-5-3-2-4-6-13/h2-10H,11-12H2,1H3,(H2,18,20)/b19-10+. The van der Waals surface area contributed by atoms with Crippen LogP contribution in [0.5, 0.6) is 11.5 Å². The van der Waals surface area contributed by atoms with Crippen molar-refractivity contribution < 1.29 is 19.1 Å². The zero-order valence-corrected chi connectivity index (χ0v) is 12.8. The first-order chi connectivity index (χ1) is 11.2. The van der Waals surface area contributed by atoms with Gasteiger partial charge in [0, 0.05) is 5.56 Å². The van der Waals surface area contributed by atoms with Crippen molar-refractivity contribution in [3.05, 3.63) is 59.7 Å². The number of primary amides is 1. The third kappa shape index (κ3) is 5.35. The summed E-state index contributed by atoms with van der Waals surface area (Å²) in [6, 6.07) is 15.2. The molecule has 23 heavy (non-hydrogen) atoms. The number of nitrogens with two attached hydrogens (primary N) is 1. The lowest BCUT2D eigenvalue weighted by atomic mass is 10.2. The lowest BCUT2D eigenvalue weighted by Gasteiger charge is -2.11. The minimum atomic E-state index is -0.579. The number of methoxy groups -OCH3 is 1. The Morgan fingerprint density at radius 3 is 2.65 bits per heavy atom. The number of benzene rings is 2. The molecule has 0 spiro atoms. The van der Waals surface area contributed by atoms with E-state index in [1.54, 1.807) is 25.3 Å². The average Bonchev–Trinajstić information content (AvgIpc) is 2.58. The fourth-order valence-corrected chi connectivity index (χ4v) is 1.82. The molecule has 0 saturated carbocycles. The number of hydrogen-bond donors (Lipinski definition) is 1. The van der Waals surface area contributed by atoms with E-state index in [0.717, 1.165) is 11.1 Å². The second-order valence-electron chi connectivity index (χ2n) is 4.66. The van der Waals surface area contributed by atoms with Gasteiger partial charge in [-0.15, -0.1) is 0 Å². The SMILES string of the molecule is COc1cc(/C=N/OCC(N)=O)ccc1OCc1ccccc1. The maximum atomic E-state index is 10.5. The predicted molar refractivity (Wildman–Crippen MR) is 86.5 cm³/mol. The Labute approximate surface area is 134 Å². The number of ether oxygens (including phenoxy) is 2. The molecular weight excluding hydrogens is 296 g/mol. The van der Waals surface area contributed by atoms with Gasteiger partial charge >= 0.3 is 0 Å². The maximum absolute atomic E-state index is 10.5. The molecule has 120 valence electrons. The summed E-state index contributed by atoms with van der Waals surface area (Å²) < 4.78 is 11.1. The highest BCUT2D eigenvalue weighted by atomic mass is 16.6. The number of oxime groups is 1. The van der Waals surface area contributed by atoms with Crippen LogP contribution in [0.15, 0.2) is 53.7 Å². The van der Waals surface area contributed by atoms with Crippen molar-refractivity contribution in [3.63, 3.8) is 0 Å². The van der Waals surface area contributed by atoms with E-state index in [1.807, 2.05) is 30.3 Å². The van der Waals surface area contributed by atoms with E-state index in [2.05, 4.69) is 5.16 Å². The second-order valence-corrected chi connectivity index (χ2v) is 4.66. The summed E-state index contributed by atoms with van der Waals surface area (Å²) in [5, 5.41) is 3.66. The molecule has 0 unspecified atom stereocenters. The molecule has 0 saturated heterocycles. The van der Waals surface area contributed by atoms with E-state index in [-0.39, 0.29) is 6.61 Å². The lowest BCUT2D eigenvalue weighted by molar-refractivity contribution is -0.122. The van der Waals surface area contributed by atoms with Gasteiger partial charge in [0.1, 0.15) is 6.61 Å². The Bertz CT molecular complexity index is 672. The van der Waals surface area contributed by atoms with Gasteiger partial charge < -0.3 is 20.0 Å². The zero-order valence-electron chi connectivity index (χ0n) is 12.8. The number of amides is 1. The summed E-state index contributed by atoms with van der Waals surface area (Å²) in [7, 11) is 1.56. The molecule has 2 aromatic rings. The van der Waals surface area contributed by atoms with Crippen LogP contribution in [0.1, 0.15) is 11.1 Å². The van der Waals surface area contributed by atoms with Crippen LogP contribution in [0.4, 0.5) is 0 Å². The first-order valence-electron chi connectivity index (χ1n) is 6.97. The summed E-state index contributed by atoms with van der Waals surface area (Å²) in [5.41, 5.74) is 6.76. The topological polar surface area (TPSA) is 83.1 Å². The quantitative estimate of drug-likeness (QED) is 0.597. The van der Waals surface area contributed by atoms with Crippen LogP contribution in [0.3, 0.4) is 0 Å². The van der Waals surface area contributed by atoms with Crippen molar-refractivity contribution in [1.29, 1.82) is 0 Å². The minimum absolute atomic E-state index is 0.258. The van der Waals surface area contributed by atoms with E-state index in [9.17, 15) is 4.79 Å². The largest absolute Gasteiger partial charge is 0.493 e. The monoisotopic (exact) mass is 314 g/mol. The van der Waals surface area contributed by atoms with E-state index in [4.69, 9.17) is 20.0 Å². The van der Waals surface area contributed by atoms with Gasteiger partial charge in [-0.25, -0.2) is 0 Å². The van der Waals surface area contributed by atoms with Crippen molar-refractivity contribution in [2.75, 3.05) is 13.7 Å². The molecule has 2 rings (SSSR count). The molecule has 2 aromatic carbocycles. The summed E-state index contributed by atoms with van der Waals surface area (Å²) >= 11 is 0. The molecule has 0 aromatic heterocycles. The van der Waals surface area contributed by atoms with Crippen molar-refractivity contribution in [3.8, 4) is 11.5 Å². The molecule has 6 heteroatoms. The number of carbonyl (C=O) groups is 1. The van der Waals surface area contributed by atoms with Crippen LogP contribution in [-0.2, 0) is 16.2 Å². The molecule has 1 amide bonds. The smallest absolute Gasteiger partial charge is 0.258 e. The maximum Gasteiger partial charge on any atom is 0.258 e. The summed E-state index contributed by atoms with van der Waals surface area (Å²) in [4.78, 5) is 15.3. The van der Waals surface area contributed by atoms with Gasteiger partial charge in [0.2, 0.25) is 0 Å². The molecule has 2 N–H and O–H groups in total. The molecule has 0 atom stereocenters. The zero-order chi connectivity index (χ0) is 16.5. The minimum Gasteiger partial charge on any atom is -0.493 e. The molecule has 0 heterocycles. The molecule has 0 aliphatic heterocycles. The van der Waals surface area contributed by atoms with Crippen LogP contribution in [0.25, 0.3) is 0 Å². The highest BCUT2D eigenvalue weighted by Crippen LogP contribution is 2.28. The van der Waals surface area contributed by atoms with Crippen molar-refractivity contribution in [2.45, 2.75) is 6.61 Å². The fourth-order valence-electron chi connectivity index (χ4n) is 1.82. The summed E-state index contributed by atoms with van der Waals surface area (Å²) in [6.45, 7) is 0.193. The van der Waals surface area contributed by atoms with Crippen molar-refractivity contribution >= 4 is 12.1 Å². The molecule has 0 aliphatic rings. The number of rotatable bonds is 8. The van der Waals surface area contributed by atoms with Gasteiger partial charge in [-0.3, -0.25) is 4.79 Å². The lowest BCUT2D eigenvalue weighted by Crippen LogP contribution is -2.16. The predicted octanol–water partition coefficient (Wildman–Crippen LogP) is 2.11. The summed E-state index contributed by atoms with van der Waals surface area (Å²) in [5.74, 6) is 0.635. The molecule has 0 radical (unpaired) electrons. The van der Waals surface area contributed by atoms with Gasteiger partial charge in [0.25, 0.3) is 5.91 Å². The van der Waals surface area contributed by atoms with E-state index < -0.39 is 5.91 Å². The van der Waals surface area contributed by atoms with E-state index in [1.165, 1.54) is 6.21 Å². The van der Waals surface area contributed by atoms with Gasteiger partial charge in [-0.1, -0.05) is 35.5 Å². The van der Waals surface area contributed by atoms with Crippen LogP contribution in [0, 0.1) is 0 Å². The highest BCUT2D eigenvalue weighted by molar-refractivity contribution is 5.80. The van der Waals surface area contributed by atoms with Crippen LogP contribution in [0.2, 0.25) is 0 Å². The highest BCUT2D eigenvalue weighted by Gasteiger charge is 2.05. The van der Waals surface area contributed by atoms with E-state index >= 15 is 0 Å². The third-order valence-electron chi connectivity index (χ3n) is 2.91. The van der Waals surface area contributed by atoms with Gasteiger partial charge in [0.05, 0.1) is 13.3 Å². The van der Waals surface area contributed by atoms with Gasteiger partial charge in [-0.2, -0.15) is 0 Å². The number of carbonyl (C=O) groups excluding carboxylic acids is 1. The van der Waals surface area contributed by atoms with Crippen LogP contribution >= 0.6 is 0 Å². The third-order valence-corrected chi connectivity index (χ3v) is 2.91. The number of hydrogen-bond acceptors (Lipinski definition) is 5. The molecule has 0 bridgehead atoms. The Kier molecular flexibility index (Phi) is 5.99. The van der Waals surface area contributed by atoms with Crippen LogP contribution < -0.4 is 15.2 Å². The molecule has 6 nitrogen and oxygen atoms in total. The average molecular weight is 314 g/mol. The normalized spacial score (nSPS) is 10.5. The Hall–Kier alpha value is -3.02. The Morgan fingerprint density at radius 1 is 1.17 bits per heavy atom. The number of nitrogens with zero attached hydrogens (tertiary/aromatic N) is 1. The van der Waals surface area contributed by atoms with Gasteiger partial charge in [-0.05, 0) is 23.8 Å². The van der Waals surface area contributed by atoms with Crippen LogP contribution in [-0.4, -0.2) is 25.8 Å². The summed E-state index contributed by atoms with van der Waals surface area (Å²) in [6.07, 6.45) is 1.46. The van der Waals surface area contributed by atoms with Gasteiger partial charge in [0.15, 0.2) is 18.1 Å². The molecule has 0 aliphatic carbocycles. The Balaban J connectivity index is 2.00. The van der Waals surface area contributed by atoms with Crippen molar-refractivity contribution in [2.24, 2.45) is 10.9 Å². The first-order valence-corrected chi connectivity index (χ1v) is 6.97. The second kappa shape index (κ2) is 8.43. The van der Waals surface area contributed by atoms with E-state index in [0.29, 0.717) is 18.1 Å². The van der Waals surface area contributed by atoms with Crippen molar-refractivity contribution in [1.82, 2.24) is 0 Å². The molecular formula is C17H18N2O4. The fraction of sp³-hybridized carbons (Fsp3) is 0.176. The first kappa shape index (κ1) is 16.4.